The topological polar surface area (TPSA) is 37.4 Å². The van der Waals surface area contributed by atoms with E-state index in [1.165, 1.54) is 4.90 Å². The van der Waals surface area contributed by atoms with E-state index in [2.05, 4.69) is 29.1 Å². The van der Waals surface area contributed by atoms with Crippen LogP contribution in [0, 0.1) is 0 Å². The van der Waals surface area contributed by atoms with Gasteiger partial charge in [0.2, 0.25) is 0 Å². The molecule has 0 radical (unpaired) electrons. The highest BCUT2D eigenvalue weighted by molar-refractivity contribution is 9.10. The van der Waals surface area contributed by atoms with Crippen LogP contribution >= 0.6 is 15.9 Å². The minimum absolute atomic E-state index is 0.277. The minimum Gasteiger partial charge on any atom is -0.275 e. The Morgan fingerprint density at radius 2 is 2.00 bits per heavy atom. The molecule has 2 amide bonds. The number of nitrogens with zero attached hydrogens (tertiary/aromatic N) is 1. The number of likely N-dealkylation sites (N-methyl/N-ethyl adjacent to an activating group) is 1. The van der Waals surface area contributed by atoms with Gasteiger partial charge in [0.25, 0.3) is 11.8 Å². The molecule has 1 aliphatic heterocycles. The predicted octanol–water partition coefficient (Wildman–Crippen LogP) is 3.11. The molecule has 0 saturated heterocycles. The van der Waals surface area contributed by atoms with Crippen LogP contribution in [0.25, 0.3) is 11.6 Å². The van der Waals surface area contributed by atoms with Crippen molar-refractivity contribution in [2.45, 2.75) is 6.92 Å². The van der Waals surface area contributed by atoms with E-state index in [9.17, 15) is 9.59 Å². The van der Waals surface area contributed by atoms with Gasteiger partial charge in [0.15, 0.2) is 0 Å². The quantitative estimate of drug-likeness (QED) is 0.622. The summed E-state index contributed by atoms with van der Waals surface area (Å²) in [5.41, 5.74) is 2.15. The number of halogens is 1. The number of hydrogen-bond donors (Lipinski definition) is 0. The van der Waals surface area contributed by atoms with Crippen LogP contribution in [-0.2, 0) is 4.79 Å². The molecule has 0 bridgehead atoms. The Labute approximate surface area is 114 Å². The molecule has 4 heteroatoms. The van der Waals surface area contributed by atoms with Crippen molar-refractivity contribution in [3.8, 4) is 0 Å². The van der Waals surface area contributed by atoms with E-state index in [0.717, 1.165) is 10.0 Å². The number of imide groups is 1. The van der Waals surface area contributed by atoms with Gasteiger partial charge < -0.3 is 0 Å². The summed E-state index contributed by atoms with van der Waals surface area (Å²) in [6.45, 7) is 9.63. The molecule has 1 aromatic rings. The van der Waals surface area contributed by atoms with Gasteiger partial charge in [-0.2, -0.15) is 0 Å². The highest BCUT2D eigenvalue weighted by atomic mass is 79.9. The van der Waals surface area contributed by atoms with Gasteiger partial charge in [-0.3, -0.25) is 14.5 Å². The van der Waals surface area contributed by atoms with Crippen molar-refractivity contribution in [3.05, 3.63) is 46.5 Å². The summed E-state index contributed by atoms with van der Waals surface area (Å²) in [5.74, 6) is -0.614. The van der Waals surface area contributed by atoms with E-state index in [1.807, 2.05) is 0 Å². The smallest absolute Gasteiger partial charge is 0.261 e. The van der Waals surface area contributed by atoms with Crippen molar-refractivity contribution in [1.29, 1.82) is 0 Å². The normalized spacial score (nSPS) is 14.8. The molecule has 0 unspecified atom stereocenters. The Morgan fingerprint density at radius 3 is 2.56 bits per heavy atom. The molecule has 18 heavy (non-hydrogen) atoms. The minimum atomic E-state index is -0.337. The second-order valence-electron chi connectivity index (χ2n) is 3.92. The lowest BCUT2D eigenvalue weighted by atomic mass is 9.90. The van der Waals surface area contributed by atoms with Crippen LogP contribution in [0.5, 0.6) is 0 Å². The molecule has 0 saturated carbocycles. The lowest BCUT2D eigenvalue weighted by Gasteiger charge is -2.28. The number of benzene rings is 1. The first-order chi connectivity index (χ1) is 8.52. The molecule has 0 atom stereocenters. The van der Waals surface area contributed by atoms with Gasteiger partial charge in [0.05, 0.1) is 0 Å². The zero-order valence-electron chi connectivity index (χ0n) is 10.00. The van der Waals surface area contributed by atoms with Gasteiger partial charge in [-0.25, -0.2) is 0 Å². The van der Waals surface area contributed by atoms with Crippen molar-refractivity contribution >= 4 is 39.4 Å². The Hall–Kier alpha value is -1.68. The van der Waals surface area contributed by atoms with Gasteiger partial charge in [0, 0.05) is 27.7 Å². The lowest BCUT2D eigenvalue weighted by molar-refractivity contribution is -0.122. The van der Waals surface area contributed by atoms with E-state index < -0.39 is 0 Å². The third kappa shape index (κ3) is 1.64. The van der Waals surface area contributed by atoms with Crippen LogP contribution in [0.1, 0.15) is 28.4 Å². The highest BCUT2D eigenvalue weighted by Gasteiger charge is 2.34. The molecule has 0 N–H and O–H groups in total. The van der Waals surface area contributed by atoms with Crippen molar-refractivity contribution in [2.75, 3.05) is 6.54 Å². The molecular weight excluding hydrogens is 294 g/mol. The molecule has 0 aliphatic carbocycles. The third-order valence-corrected chi connectivity index (χ3v) is 3.68. The van der Waals surface area contributed by atoms with E-state index >= 15 is 0 Å². The zero-order chi connectivity index (χ0) is 13.4. The lowest BCUT2D eigenvalue weighted by Crippen LogP contribution is -2.41. The Balaban J connectivity index is 2.77. The first-order valence-corrected chi connectivity index (χ1v) is 6.32. The summed E-state index contributed by atoms with van der Waals surface area (Å²) < 4.78 is 0.794. The molecule has 92 valence electrons. The van der Waals surface area contributed by atoms with Gasteiger partial charge in [-0.1, -0.05) is 35.2 Å². The Morgan fingerprint density at radius 1 is 1.33 bits per heavy atom. The molecule has 0 spiro atoms. The van der Waals surface area contributed by atoms with Crippen LogP contribution in [0.4, 0.5) is 0 Å². The second kappa shape index (κ2) is 4.53. The fraction of sp³-hybridized carbons (Fsp3) is 0.143. The van der Waals surface area contributed by atoms with Crippen molar-refractivity contribution < 1.29 is 9.59 Å². The fourth-order valence-corrected chi connectivity index (χ4v) is 2.58. The van der Waals surface area contributed by atoms with Gasteiger partial charge in [0.1, 0.15) is 0 Å². The van der Waals surface area contributed by atoms with Gasteiger partial charge >= 0.3 is 0 Å². The van der Waals surface area contributed by atoms with Crippen molar-refractivity contribution in [3.63, 3.8) is 0 Å². The summed E-state index contributed by atoms with van der Waals surface area (Å²) >= 11 is 3.39. The highest BCUT2D eigenvalue weighted by Crippen LogP contribution is 2.34. The molecule has 1 aromatic carbocycles. The number of fused-ring (bicyclic) bond motifs is 1. The van der Waals surface area contributed by atoms with Gasteiger partial charge in [-0.15, -0.1) is 0 Å². The first-order valence-electron chi connectivity index (χ1n) is 5.53. The Kier molecular flexibility index (Phi) is 3.22. The Bertz CT molecular complexity index is 590. The molecule has 1 aliphatic rings. The first kappa shape index (κ1) is 12.8. The zero-order valence-corrected chi connectivity index (χ0v) is 11.6. The summed E-state index contributed by atoms with van der Waals surface area (Å²) in [5, 5.41) is 0. The van der Waals surface area contributed by atoms with E-state index in [-0.39, 0.29) is 11.8 Å². The summed E-state index contributed by atoms with van der Waals surface area (Å²) in [4.78, 5) is 25.5. The van der Waals surface area contributed by atoms with Crippen LogP contribution in [-0.4, -0.2) is 23.3 Å². The number of carbonyl (C=O) groups is 2. The summed E-state index contributed by atoms with van der Waals surface area (Å²) in [6, 6.07) is 3.49. The van der Waals surface area contributed by atoms with Gasteiger partial charge in [-0.05, 0) is 24.6 Å². The number of amides is 2. The van der Waals surface area contributed by atoms with Crippen LogP contribution < -0.4 is 0 Å². The van der Waals surface area contributed by atoms with Crippen LogP contribution in [0.2, 0.25) is 0 Å². The largest absolute Gasteiger partial charge is 0.275 e. The molecule has 0 aromatic heterocycles. The van der Waals surface area contributed by atoms with E-state index in [0.29, 0.717) is 23.2 Å². The number of hydrogen-bond acceptors (Lipinski definition) is 2. The summed E-state index contributed by atoms with van der Waals surface area (Å²) in [6.07, 6.45) is 1.62. The fourth-order valence-electron chi connectivity index (χ4n) is 2.09. The monoisotopic (exact) mass is 305 g/mol. The summed E-state index contributed by atoms with van der Waals surface area (Å²) in [7, 11) is 0. The van der Waals surface area contributed by atoms with Crippen LogP contribution in [0.15, 0.2) is 29.8 Å². The maximum absolute atomic E-state index is 12.2. The van der Waals surface area contributed by atoms with Crippen LogP contribution in [0.3, 0.4) is 0 Å². The molecule has 1 heterocycles. The maximum Gasteiger partial charge on any atom is 0.261 e. The predicted molar refractivity (Wildman–Crippen MR) is 75.0 cm³/mol. The standard InChI is InChI=1S/C14H12BrNO2/c1-4-9-11(15)7-6-10-12(9)8(3)13(17)16(5-2)14(10)18/h4,6-7H,1,3,5H2,2H3. The molecular formula is C14H12BrNO2. The number of rotatable bonds is 2. The van der Waals surface area contributed by atoms with E-state index in [1.54, 1.807) is 25.1 Å². The molecule has 0 fully saturated rings. The molecule has 2 rings (SSSR count). The third-order valence-electron chi connectivity index (χ3n) is 2.99. The SMILES string of the molecule is C=Cc1c(Br)ccc2c1C(=C)C(=O)N(CC)C2=O. The average molecular weight is 306 g/mol. The van der Waals surface area contributed by atoms with Crippen molar-refractivity contribution in [2.24, 2.45) is 0 Å². The number of carbonyl (C=O) groups excluding carboxylic acids is 2. The van der Waals surface area contributed by atoms with E-state index in [4.69, 9.17) is 0 Å². The molecule has 3 nitrogen and oxygen atoms in total. The maximum atomic E-state index is 12.2. The second-order valence-corrected chi connectivity index (χ2v) is 4.78. The average Bonchev–Trinajstić information content (AvgIpc) is 2.36. The van der Waals surface area contributed by atoms with Crippen molar-refractivity contribution in [1.82, 2.24) is 4.90 Å².